The first kappa shape index (κ1) is 39.6. The molecule has 6 rings (SSSR count). The van der Waals surface area contributed by atoms with Crippen molar-refractivity contribution in [2.45, 2.75) is 39.5 Å². The Kier molecular flexibility index (Phi) is 17.0. The van der Waals surface area contributed by atoms with Crippen LogP contribution >= 0.6 is 0 Å². The van der Waals surface area contributed by atoms with Gasteiger partial charge in [-0.25, -0.2) is 22.1 Å². The van der Waals surface area contributed by atoms with Crippen LogP contribution in [0.25, 0.3) is 11.1 Å². The zero-order valence-electron chi connectivity index (χ0n) is 26.8. The fraction of sp³-hybridized carbons (Fsp3) is 0.150. The van der Waals surface area contributed by atoms with E-state index in [1.807, 2.05) is 48.5 Å². The zero-order chi connectivity index (χ0) is 32.7. The predicted octanol–water partition coefficient (Wildman–Crippen LogP) is 8.94. The van der Waals surface area contributed by atoms with E-state index < -0.39 is 0 Å². The van der Waals surface area contributed by atoms with Gasteiger partial charge in [-0.3, -0.25) is 12.1 Å². The van der Waals surface area contributed by atoms with Gasteiger partial charge in [0.15, 0.2) is 0 Å². The Morgan fingerprint density at radius 1 is 0.625 bits per heavy atom. The van der Waals surface area contributed by atoms with Crippen LogP contribution in [0.4, 0.5) is 0 Å². The molecule has 4 aromatic heterocycles. The summed E-state index contributed by atoms with van der Waals surface area (Å²) < 4.78 is 15.0. The van der Waals surface area contributed by atoms with Crippen LogP contribution in [0.1, 0.15) is 50.7 Å². The monoisotopic (exact) mass is 990 g/mol. The van der Waals surface area contributed by atoms with E-state index in [1.54, 1.807) is 70.6 Å². The van der Waals surface area contributed by atoms with Gasteiger partial charge in [-0.15, -0.1) is 0 Å². The number of pyridine rings is 2. The smallest absolute Gasteiger partial charge is 0.215 e. The maximum Gasteiger partial charge on any atom is 0.215 e. The predicted molar refractivity (Wildman–Crippen MR) is 178 cm³/mol. The van der Waals surface area contributed by atoms with Gasteiger partial charge in [0.2, 0.25) is 11.8 Å². The molecule has 2 aromatic carbocycles. The molecule has 4 heterocycles. The van der Waals surface area contributed by atoms with E-state index >= 15 is 0 Å². The van der Waals surface area contributed by atoms with E-state index in [9.17, 15) is 0 Å². The van der Waals surface area contributed by atoms with Gasteiger partial charge in [-0.1, -0.05) is 39.2 Å². The SMILES string of the molecule is CC(C)c1ccnc(Oc2[c-]c(-c3[c-]ccc(Oc4cc(C(C)C)ccn4)[c-]3)[c-]cc2)c1.[C-]#Cn1cccc1.[C-]#Cn1cccc1.[Pt].[Pt]. The van der Waals surface area contributed by atoms with Crippen molar-refractivity contribution in [2.24, 2.45) is 0 Å². The second-order valence-corrected chi connectivity index (χ2v) is 10.5. The molecule has 48 heavy (non-hydrogen) atoms. The fourth-order valence-electron chi connectivity index (χ4n) is 3.91. The van der Waals surface area contributed by atoms with E-state index in [0.717, 1.165) is 0 Å². The summed E-state index contributed by atoms with van der Waals surface area (Å²) in [5.74, 6) is 2.95. The zero-order valence-corrected chi connectivity index (χ0v) is 31.3. The van der Waals surface area contributed by atoms with Crippen LogP contribution in [0.15, 0.2) is 110 Å². The molecule has 0 unspecified atom stereocenters. The Morgan fingerprint density at radius 3 is 1.31 bits per heavy atom. The molecular formula is C40H32N4O2Pt2-6. The summed E-state index contributed by atoms with van der Waals surface area (Å²) in [6.07, 6.45) is 23.7. The topological polar surface area (TPSA) is 54.1 Å². The van der Waals surface area contributed by atoms with Gasteiger partial charge in [-0.2, -0.15) is 12.1 Å². The van der Waals surface area contributed by atoms with Crippen molar-refractivity contribution >= 4 is 0 Å². The molecule has 0 spiro atoms. The van der Waals surface area contributed by atoms with Crippen molar-refractivity contribution in [1.82, 2.24) is 19.1 Å². The molecule has 0 saturated carbocycles. The molecule has 0 aliphatic rings. The minimum absolute atomic E-state index is 0. The van der Waals surface area contributed by atoms with E-state index in [4.69, 9.17) is 22.3 Å². The maximum atomic E-state index is 6.57. The van der Waals surface area contributed by atoms with Gasteiger partial charge in [0.25, 0.3) is 0 Å². The standard InChI is InChI=1S/C28H24N2O2.2C6H4N.2Pt/c1-19(2)21-11-13-29-27(17-21)31-25-9-5-7-23(15-25)24-8-6-10-26(16-24)32-28-18-22(20(3)4)12-14-30-28;2*1-2-7-5-3-4-6-7;;/h5-6,9-14,17-20H,1-4H3;2*3-6H;;/q-4;2*-1;;. The van der Waals surface area contributed by atoms with Gasteiger partial charge < -0.3 is 66.8 Å². The summed E-state index contributed by atoms with van der Waals surface area (Å²) in [7, 11) is 0. The number of benzene rings is 2. The number of ether oxygens (including phenoxy) is 2. The Labute approximate surface area is 313 Å². The van der Waals surface area contributed by atoms with E-state index in [0.29, 0.717) is 46.2 Å². The summed E-state index contributed by atoms with van der Waals surface area (Å²) in [5.41, 5.74) is 3.69. The average molecular weight is 991 g/mol. The van der Waals surface area contributed by atoms with E-state index in [1.165, 1.54) is 11.1 Å². The van der Waals surface area contributed by atoms with Gasteiger partial charge in [0.1, 0.15) is 0 Å². The van der Waals surface area contributed by atoms with Crippen molar-refractivity contribution in [3.05, 3.63) is 158 Å². The number of hydrogen-bond acceptors (Lipinski definition) is 4. The second kappa shape index (κ2) is 20.6. The normalized spacial score (nSPS) is 9.67. The maximum absolute atomic E-state index is 6.57. The third kappa shape index (κ3) is 12.5. The number of nitrogens with zero attached hydrogens (tertiary/aromatic N) is 4. The third-order valence-electron chi connectivity index (χ3n) is 6.42. The van der Waals surface area contributed by atoms with Crippen LogP contribution in [0.3, 0.4) is 0 Å². The van der Waals surface area contributed by atoms with Crippen LogP contribution in [0.2, 0.25) is 0 Å². The molecule has 0 N–H and O–H groups in total. The summed E-state index contributed by atoms with van der Waals surface area (Å²) in [5, 5.41) is 0. The molecule has 0 saturated heterocycles. The van der Waals surface area contributed by atoms with Gasteiger partial charge >= 0.3 is 0 Å². The molecule has 6 aromatic rings. The van der Waals surface area contributed by atoms with Crippen molar-refractivity contribution in [3.8, 4) is 46.5 Å². The Balaban J connectivity index is 0.000000413. The van der Waals surface area contributed by atoms with E-state index in [-0.39, 0.29) is 42.1 Å². The largest absolute Gasteiger partial charge is 0.669 e. The van der Waals surface area contributed by atoms with Crippen LogP contribution in [0.5, 0.6) is 23.3 Å². The number of rotatable bonds is 7. The molecule has 8 heteroatoms. The second-order valence-electron chi connectivity index (χ2n) is 10.5. The minimum Gasteiger partial charge on any atom is -0.669 e. The third-order valence-corrected chi connectivity index (χ3v) is 6.42. The molecular weight excluding hydrogens is 959 g/mol. The van der Waals surface area contributed by atoms with Gasteiger partial charge in [0.05, 0.1) is 0 Å². The molecule has 0 atom stereocenters. The summed E-state index contributed by atoms with van der Waals surface area (Å²) >= 11 is 0. The summed E-state index contributed by atoms with van der Waals surface area (Å²) in [6, 6.07) is 39.6. The molecule has 0 radical (unpaired) electrons. The van der Waals surface area contributed by atoms with Crippen molar-refractivity contribution in [1.29, 1.82) is 0 Å². The van der Waals surface area contributed by atoms with Crippen LogP contribution in [-0.4, -0.2) is 19.1 Å². The Bertz CT molecular complexity index is 1750. The summed E-state index contributed by atoms with van der Waals surface area (Å²) in [6.45, 7) is 8.54. The first-order chi connectivity index (χ1) is 22.3. The Hall–Kier alpha value is -4.60. The van der Waals surface area contributed by atoms with Crippen molar-refractivity contribution in [3.63, 3.8) is 0 Å². The molecule has 6 nitrogen and oxygen atoms in total. The van der Waals surface area contributed by atoms with Gasteiger partial charge in [0, 0.05) is 91.4 Å². The Morgan fingerprint density at radius 2 is 1.00 bits per heavy atom. The summed E-state index contributed by atoms with van der Waals surface area (Å²) in [4.78, 5) is 8.61. The first-order valence-electron chi connectivity index (χ1n) is 14.6. The molecule has 0 aliphatic heterocycles. The molecule has 250 valence electrons. The van der Waals surface area contributed by atoms with Crippen LogP contribution < -0.4 is 9.47 Å². The van der Waals surface area contributed by atoms with Gasteiger partial charge in [-0.05, 0) is 59.4 Å². The van der Waals surface area contributed by atoms with E-state index in [2.05, 4.69) is 74.0 Å². The number of aromatic nitrogens is 4. The van der Waals surface area contributed by atoms with Crippen LogP contribution in [0, 0.1) is 49.2 Å². The average Bonchev–Trinajstić information content (AvgIpc) is 3.81. The van der Waals surface area contributed by atoms with Crippen LogP contribution in [-0.2, 0) is 42.1 Å². The first-order valence-corrected chi connectivity index (χ1v) is 14.6. The molecule has 0 aliphatic carbocycles. The minimum atomic E-state index is 0. The molecule has 0 fully saturated rings. The van der Waals surface area contributed by atoms with Crippen molar-refractivity contribution in [2.75, 3.05) is 0 Å². The fourth-order valence-corrected chi connectivity index (χ4v) is 3.91. The quantitative estimate of drug-likeness (QED) is 0.119. The number of hydrogen-bond donors (Lipinski definition) is 0. The molecule has 0 bridgehead atoms. The molecule has 0 amide bonds. The van der Waals surface area contributed by atoms with Crippen molar-refractivity contribution < 1.29 is 51.6 Å².